The number of hydrogen-bond donors (Lipinski definition) is 1. The Labute approximate surface area is 104 Å². The molecule has 0 saturated heterocycles. The van der Waals surface area contributed by atoms with Crippen LogP contribution in [0.15, 0.2) is 36.5 Å². The SMILES string of the molecule is CCCn1nccc1C(=O)Nc1ccc(F)cc1. The summed E-state index contributed by atoms with van der Waals surface area (Å²) in [6, 6.07) is 7.31. The van der Waals surface area contributed by atoms with E-state index in [-0.39, 0.29) is 11.7 Å². The fourth-order valence-corrected chi connectivity index (χ4v) is 1.64. The Bertz CT molecular complexity index is 533. The first-order valence-electron chi connectivity index (χ1n) is 5.79. The summed E-state index contributed by atoms with van der Waals surface area (Å²) < 4.78 is 14.4. The summed E-state index contributed by atoms with van der Waals surface area (Å²) >= 11 is 0. The molecule has 0 aliphatic rings. The first-order valence-corrected chi connectivity index (χ1v) is 5.79. The average Bonchev–Trinajstić information content (AvgIpc) is 2.81. The fourth-order valence-electron chi connectivity index (χ4n) is 1.64. The largest absolute Gasteiger partial charge is 0.321 e. The van der Waals surface area contributed by atoms with Crippen molar-refractivity contribution < 1.29 is 9.18 Å². The molecular weight excluding hydrogens is 233 g/mol. The average molecular weight is 247 g/mol. The van der Waals surface area contributed by atoms with Gasteiger partial charge in [-0.15, -0.1) is 0 Å². The van der Waals surface area contributed by atoms with Crippen LogP contribution >= 0.6 is 0 Å². The highest BCUT2D eigenvalue weighted by atomic mass is 19.1. The predicted octanol–water partition coefficient (Wildman–Crippen LogP) is 2.68. The number of carbonyl (C=O) groups is 1. The number of nitrogens with zero attached hydrogens (tertiary/aromatic N) is 2. The molecule has 1 heterocycles. The molecule has 0 saturated carbocycles. The van der Waals surface area contributed by atoms with Gasteiger partial charge in [0.1, 0.15) is 11.5 Å². The number of carbonyl (C=O) groups excluding carboxylic acids is 1. The van der Waals surface area contributed by atoms with Crippen molar-refractivity contribution in [3.05, 3.63) is 48.0 Å². The number of amides is 1. The lowest BCUT2D eigenvalue weighted by molar-refractivity contribution is 0.101. The Morgan fingerprint density at radius 2 is 2.06 bits per heavy atom. The molecule has 0 radical (unpaired) electrons. The second-order valence-electron chi connectivity index (χ2n) is 3.90. The van der Waals surface area contributed by atoms with Crippen LogP contribution in [-0.4, -0.2) is 15.7 Å². The van der Waals surface area contributed by atoms with Crippen molar-refractivity contribution in [2.75, 3.05) is 5.32 Å². The molecule has 1 aromatic carbocycles. The lowest BCUT2D eigenvalue weighted by Gasteiger charge is -2.07. The Hall–Kier alpha value is -2.17. The molecule has 0 atom stereocenters. The van der Waals surface area contributed by atoms with Crippen LogP contribution in [0.1, 0.15) is 23.8 Å². The first-order chi connectivity index (χ1) is 8.70. The zero-order valence-electron chi connectivity index (χ0n) is 10.1. The minimum Gasteiger partial charge on any atom is -0.321 e. The van der Waals surface area contributed by atoms with Crippen LogP contribution < -0.4 is 5.32 Å². The number of rotatable bonds is 4. The number of aryl methyl sites for hydroxylation is 1. The van der Waals surface area contributed by atoms with E-state index in [1.54, 1.807) is 16.9 Å². The number of hydrogen-bond acceptors (Lipinski definition) is 2. The number of aromatic nitrogens is 2. The van der Waals surface area contributed by atoms with Crippen LogP contribution in [0.4, 0.5) is 10.1 Å². The van der Waals surface area contributed by atoms with Gasteiger partial charge in [0.15, 0.2) is 0 Å². The monoisotopic (exact) mass is 247 g/mol. The van der Waals surface area contributed by atoms with Gasteiger partial charge >= 0.3 is 0 Å². The lowest BCUT2D eigenvalue weighted by atomic mass is 10.3. The number of anilines is 1. The molecule has 0 spiro atoms. The Morgan fingerprint density at radius 3 is 2.72 bits per heavy atom. The van der Waals surface area contributed by atoms with E-state index in [0.29, 0.717) is 17.9 Å². The topological polar surface area (TPSA) is 46.9 Å². The minimum atomic E-state index is -0.330. The van der Waals surface area contributed by atoms with Crippen molar-refractivity contribution in [1.29, 1.82) is 0 Å². The summed E-state index contributed by atoms with van der Waals surface area (Å²) in [4.78, 5) is 12.0. The molecule has 0 unspecified atom stereocenters. The summed E-state index contributed by atoms with van der Waals surface area (Å²) in [6.45, 7) is 2.71. The van der Waals surface area contributed by atoms with Crippen LogP contribution in [0, 0.1) is 5.82 Å². The molecule has 1 aromatic heterocycles. The van der Waals surface area contributed by atoms with Gasteiger partial charge in [-0.05, 0) is 36.8 Å². The molecular formula is C13H14FN3O. The van der Waals surface area contributed by atoms with E-state index in [2.05, 4.69) is 10.4 Å². The third-order valence-corrected chi connectivity index (χ3v) is 2.49. The van der Waals surface area contributed by atoms with Gasteiger partial charge < -0.3 is 5.32 Å². The molecule has 0 bridgehead atoms. The molecule has 0 aliphatic carbocycles. The van der Waals surface area contributed by atoms with Crippen LogP contribution in [-0.2, 0) is 6.54 Å². The quantitative estimate of drug-likeness (QED) is 0.902. The van der Waals surface area contributed by atoms with Crippen LogP contribution in [0.25, 0.3) is 0 Å². The van der Waals surface area contributed by atoms with Gasteiger partial charge in [0.05, 0.1) is 0 Å². The molecule has 5 heteroatoms. The van der Waals surface area contributed by atoms with Gasteiger partial charge in [-0.3, -0.25) is 9.48 Å². The zero-order valence-corrected chi connectivity index (χ0v) is 10.1. The second kappa shape index (κ2) is 5.44. The van der Waals surface area contributed by atoms with E-state index in [0.717, 1.165) is 6.42 Å². The van der Waals surface area contributed by atoms with Crippen molar-refractivity contribution in [2.45, 2.75) is 19.9 Å². The van der Waals surface area contributed by atoms with E-state index in [1.165, 1.54) is 24.3 Å². The summed E-state index contributed by atoms with van der Waals surface area (Å²) in [5.74, 6) is -0.573. The van der Waals surface area contributed by atoms with Gasteiger partial charge in [0.25, 0.3) is 5.91 Å². The molecule has 0 fully saturated rings. The third-order valence-electron chi connectivity index (χ3n) is 2.49. The summed E-state index contributed by atoms with van der Waals surface area (Å²) in [5, 5.41) is 6.78. The van der Waals surface area contributed by atoms with E-state index >= 15 is 0 Å². The number of benzene rings is 1. The van der Waals surface area contributed by atoms with E-state index < -0.39 is 0 Å². The van der Waals surface area contributed by atoms with Gasteiger partial charge in [-0.1, -0.05) is 6.92 Å². The first kappa shape index (κ1) is 12.3. The van der Waals surface area contributed by atoms with E-state index in [4.69, 9.17) is 0 Å². The maximum Gasteiger partial charge on any atom is 0.273 e. The molecule has 1 amide bonds. The molecule has 0 aliphatic heterocycles. The fraction of sp³-hybridized carbons (Fsp3) is 0.231. The summed E-state index contributed by atoms with van der Waals surface area (Å²) in [7, 11) is 0. The van der Waals surface area contributed by atoms with Crippen molar-refractivity contribution in [3.63, 3.8) is 0 Å². The van der Waals surface area contributed by atoms with E-state index in [1.807, 2.05) is 6.92 Å². The van der Waals surface area contributed by atoms with Crippen molar-refractivity contribution >= 4 is 11.6 Å². The highest BCUT2D eigenvalue weighted by Gasteiger charge is 2.11. The molecule has 94 valence electrons. The maximum absolute atomic E-state index is 12.7. The Balaban J connectivity index is 2.11. The van der Waals surface area contributed by atoms with Crippen LogP contribution in [0.5, 0.6) is 0 Å². The van der Waals surface area contributed by atoms with Crippen LogP contribution in [0.3, 0.4) is 0 Å². The summed E-state index contributed by atoms with van der Waals surface area (Å²) in [6.07, 6.45) is 2.49. The van der Waals surface area contributed by atoms with Crippen molar-refractivity contribution in [3.8, 4) is 0 Å². The predicted molar refractivity (Wildman–Crippen MR) is 66.9 cm³/mol. The molecule has 2 aromatic rings. The van der Waals surface area contributed by atoms with Gasteiger partial charge in [0, 0.05) is 18.4 Å². The van der Waals surface area contributed by atoms with Gasteiger partial charge in [0.2, 0.25) is 0 Å². The number of nitrogens with one attached hydrogen (secondary N) is 1. The van der Waals surface area contributed by atoms with Crippen LogP contribution in [0.2, 0.25) is 0 Å². The third kappa shape index (κ3) is 2.74. The molecule has 18 heavy (non-hydrogen) atoms. The van der Waals surface area contributed by atoms with Crippen molar-refractivity contribution in [2.24, 2.45) is 0 Å². The standard InChI is InChI=1S/C13H14FN3O/c1-2-9-17-12(7-8-15-17)13(18)16-11-5-3-10(14)4-6-11/h3-8H,2,9H2,1H3,(H,16,18). The number of halogens is 1. The molecule has 4 nitrogen and oxygen atoms in total. The minimum absolute atomic E-state index is 0.243. The highest BCUT2D eigenvalue weighted by Crippen LogP contribution is 2.10. The maximum atomic E-state index is 12.7. The Kier molecular flexibility index (Phi) is 3.72. The molecule has 1 N–H and O–H groups in total. The lowest BCUT2D eigenvalue weighted by Crippen LogP contribution is -2.17. The van der Waals surface area contributed by atoms with Gasteiger partial charge in [-0.2, -0.15) is 5.10 Å². The molecule has 2 rings (SSSR count). The highest BCUT2D eigenvalue weighted by molar-refractivity contribution is 6.02. The smallest absolute Gasteiger partial charge is 0.273 e. The zero-order chi connectivity index (χ0) is 13.0. The normalized spacial score (nSPS) is 10.3. The van der Waals surface area contributed by atoms with E-state index in [9.17, 15) is 9.18 Å². The summed E-state index contributed by atoms with van der Waals surface area (Å²) in [5.41, 5.74) is 1.06. The van der Waals surface area contributed by atoms with Gasteiger partial charge in [-0.25, -0.2) is 4.39 Å². The Morgan fingerprint density at radius 1 is 1.33 bits per heavy atom. The second-order valence-corrected chi connectivity index (χ2v) is 3.90. The van der Waals surface area contributed by atoms with Crippen molar-refractivity contribution in [1.82, 2.24) is 9.78 Å².